The summed E-state index contributed by atoms with van der Waals surface area (Å²) in [5.41, 5.74) is 0.943. The first-order chi connectivity index (χ1) is 11.5. The predicted molar refractivity (Wildman–Crippen MR) is 114 cm³/mol. The Morgan fingerprint density at radius 2 is 2.00 bits per heavy atom. The molecular weight excluding hydrogens is 503 g/mol. The third-order valence-electron chi connectivity index (χ3n) is 3.15. The molecule has 0 aliphatic heterocycles. The minimum Gasteiger partial charge on any atom is -0.496 e. The molecule has 0 saturated carbocycles. The van der Waals surface area contributed by atoms with E-state index in [2.05, 4.69) is 31.6 Å². The number of likely N-dealkylation sites (N-methyl/N-ethyl adjacent to an activating group) is 1. The summed E-state index contributed by atoms with van der Waals surface area (Å²) in [5.74, 6) is 1.28. The lowest BCUT2D eigenvalue weighted by atomic mass is 10.2. The SMILES string of the molecule is COCCNC(=NCc1cc(Br)ccc1OC)NCC(=O)N(C)C.I. The van der Waals surface area contributed by atoms with Crippen molar-refractivity contribution in [1.29, 1.82) is 0 Å². The molecule has 142 valence electrons. The van der Waals surface area contributed by atoms with Gasteiger partial charge in [0.25, 0.3) is 0 Å². The Balaban J connectivity index is 0.00000576. The Morgan fingerprint density at radius 1 is 1.28 bits per heavy atom. The lowest BCUT2D eigenvalue weighted by Crippen LogP contribution is -2.43. The van der Waals surface area contributed by atoms with Crippen molar-refractivity contribution in [3.05, 3.63) is 28.2 Å². The fraction of sp³-hybridized carbons (Fsp3) is 0.500. The van der Waals surface area contributed by atoms with Crippen LogP contribution < -0.4 is 15.4 Å². The van der Waals surface area contributed by atoms with Crippen molar-refractivity contribution in [2.24, 2.45) is 4.99 Å². The number of halogens is 2. The van der Waals surface area contributed by atoms with E-state index in [1.165, 1.54) is 4.90 Å². The zero-order chi connectivity index (χ0) is 17.9. The fourth-order valence-electron chi connectivity index (χ4n) is 1.80. The van der Waals surface area contributed by atoms with Crippen LogP contribution in [-0.2, 0) is 16.1 Å². The lowest BCUT2D eigenvalue weighted by Gasteiger charge is -2.15. The molecule has 9 heteroatoms. The van der Waals surface area contributed by atoms with Crippen molar-refractivity contribution < 1.29 is 14.3 Å². The van der Waals surface area contributed by atoms with E-state index in [4.69, 9.17) is 9.47 Å². The molecule has 0 bridgehead atoms. The minimum atomic E-state index is -0.0312. The third-order valence-corrected chi connectivity index (χ3v) is 3.65. The summed E-state index contributed by atoms with van der Waals surface area (Å²) in [7, 11) is 6.69. The number of carbonyl (C=O) groups is 1. The Kier molecular flexibility index (Phi) is 12.6. The van der Waals surface area contributed by atoms with Crippen molar-refractivity contribution in [3.8, 4) is 5.75 Å². The summed E-state index contributed by atoms with van der Waals surface area (Å²) < 4.78 is 11.3. The quantitative estimate of drug-likeness (QED) is 0.233. The van der Waals surface area contributed by atoms with E-state index in [0.29, 0.717) is 25.7 Å². The highest BCUT2D eigenvalue weighted by atomic mass is 127. The number of ether oxygens (including phenoxy) is 2. The Labute approximate surface area is 174 Å². The average molecular weight is 529 g/mol. The smallest absolute Gasteiger partial charge is 0.241 e. The van der Waals surface area contributed by atoms with Gasteiger partial charge < -0.3 is 25.0 Å². The number of carbonyl (C=O) groups excluding carboxylic acids is 1. The molecule has 0 unspecified atom stereocenters. The molecule has 0 atom stereocenters. The molecule has 1 aromatic carbocycles. The van der Waals surface area contributed by atoms with Crippen LogP contribution in [0.2, 0.25) is 0 Å². The van der Waals surface area contributed by atoms with Crippen molar-refractivity contribution in [2.45, 2.75) is 6.54 Å². The first kappa shape index (κ1) is 23.9. The van der Waals surface area contributed by atoms with Gasteiger partial charge in [-0.15, -0.1) is 24.0 Å². The summed E-state index contributed by atoms with van der Waals surface area (Å²) >= 11 is 3.45. The van der Waals surface area contributed by atoms with E-state index in [-0.39, 0.29) is 36.4 Å². The average Bonchev–Trinajstić information content (AvgIpc) is 2.56. The number of methoxy groups -OCH3 is 2. The molecule has 0 aliphatic carbocycles. The number of nitrogens with one attached hydrogen (secondary N) is 2. The van der Waals surface area contributed by atoms with Crippen LogP contribution in [0.3, 0.4) is 0 Å². The lowest BCUT2D eigenvalue weighted by molar-refractivity contribution is -0.127. The van der Waals surface area contributed by atoms with E-state index < -0.39 is 0 Å². The number of aliphatic imine (C=N–C) groups is 1. The molecule has 1 amide bonds. The first-order valence-electron chi connectivity index (χ1n) is 7.51. The fourth-order valence-corrected chi connectivity index (χ4v) is 2.21. The van der Waals surface area contributed by atoms with Crippen molar-refractivity contribution in [2.75, 3.05) is 48.0 Å². The van der Waals surface area contributed by atoms with Crippen LogP contribution in [0.1, 0.15) is 5.56 Å². The molecule has 1 rings (SSSR count). The molecule has 2 N–H and O–H groups in total. The van der Waals surface area contributed by atoms with E-state index in [1.54, 1.807) is 28.3 Å². The third kappa shape index (κ3) is 9.26. The summed E-state index contributed by atoms with van der Waals surface area (Å²) in [4.78, 5) is 17.8. The molecule has 0 aliphatic rings. The number of guanidine groups is 1. The van der Waals surface area contributed by atoms with Gasteiger partial charge >= 0.3 is 0 Å². The molecule has 0 heterocycles. The van der Waals surface area contributed by atoms with Gasteiger partial charge in [0.1, 0.15) is 5.75 Å². The van der Waals surface area contributed by atoms with Crippen LogP contribution >= 0.6 is 39.9 Å². The van der Waals surface area contributed by atoms with Gasteiger partial charge in [0.2, 0.25) is 5.91 Å². The highest BCUT2D eigenvalue weighted by Crippen LogP contribution is 2.23. The maximum atomic E-state index is 11.7. The van der Waals surface area contributed by atoms with Crippen molar-refractivity contribution in [1.82, 2.24) is 15.5 Å². The second kappa shape index (κ2) is 13.2. The predicted octanol–water partition coefficient (Wildman–Crippen LogP) is 1.85. The standard InChI is InChI=1S/C16H25BrN4O3.HI/c1-21(2)15(22)11-20-16(18-7-8-23-3)19-10-12-9-13(17)5-6-14(12)24-4;/h5-6,9H,7-8,10-11H2,1-4H3,(H2,18,19,20);1H. The van der Waals surface area contributed by atoms with E-state index in [0.717, 1.165) is 15.8 Å². The van der Waals surface area contributed by atoms with Gasteiger partial charge in [-0.25, -0.2) is 4.99 Å². The molecule has 0 aromatic heterocycles. The zero-order valence-electron chi connectivity index (χ0n) is 15.0. The number of rotatable bonds is 8. The van der Waals surface area contributed by atoms with Gasteiger partial charge in [-0.3, -0.25) is 4.79 Å². The Morgan fingerprint density at radius 3 is 2.60 bits per heavy atom. The van der Waals surface area contributed by atoms with Gasteiger partial charge in [-0.2, -0.15) is 0 Å². The van der Waals surface area contributed by atoms with Crippen LogP contribution in [0, 0.1) is 0 Å². The summed E-state index contributed by atoms with van der Waals surface area (Å²) in [6.07, 6.45) is 0. The summed E-state index contributed by atoms with van der Waals surface area (Å²) in [6.45, 7) is 1.72. The van der Waals surface area contributed by atoms with Gasteiger partial charge in [-0.1, -0.05) is 15.9 Å². The van der Waals surface area contributed by atoms with E-state index in [1.807, 2.05) is 18.2 Å². The molecule has 1 aromatic rings. The van der Waals surface area contributed by atoms with Crippen LogP contribution in [0.25, 0.3) is 0 Å². The molecule has 0 radical (unpaired) electrons. The highest BCUT2D eigenvalue weighted by Gasteiger charge is 2.07. The van der Waals surface area contributed by atoms with Gasteiger partial charge in [-0.05, 0) is 18.2 Å². The second-order valence-corrected chi connectivity index (χ2v) is 6.10. The molecule has 25 heavy (non-hydrogen) atoms. The molecule has 0 fully saturated rings. The highest BCUT2D eigenvalue weighted by molar-refractivity contribution is 14.0. The molecular formula is C16H26BrIN4O3. The maximum Gasteiger partial charge on any atom is 0.241 e. The van der Waals surface area contributed by atoms with Crippen molar-refractivity contribution in [3.63, 3.8) is 0 Å². The van der Waals surface area contributed by atoms with E-state index >= 15 is 0 Å². The van der Waals surface area contributed by atoms with Crippen LogP contribution in [0.5, 0.6) is 5.75 Å². The molecule has 0 saturated heterocycles. The number of hydrogen-bond acceptors (Lipinski definition) is 4. The number of hydrogen-bond donors (Lipinski definition) is 2. The normalized spacial score (nSPS) is 10.7. The zero-order valence-corrected chi connectivity index (χ0v) is 18.9. The number of amides is 1. The van der Waals surface area contributed by atoms with Gasteiger partial charge in [0.15, 0.2) is 5.96 Å². The Hall–Kier alpha value is -1.07. The van der Waals surface area contributed by atoms with Gasteiger partial charge in [0.05, 0.1) is 26.8 Å². The minimum absolute atomic E-state index is 0. The Bertz CT molecular complexity index is 570. The van der Waals surface area contributed by atoms with Crippen LogP contribution in [0.4, 0.5) is 0 Å². The van der Waals surface area contributed by atoms with Crippen LogP contribution in [0.15, 0.2) is 27.7 Å². The second-order valence-electron chi connectivity index (χ2n) is 5.18. The number of benzene rings is 1. The maximum absolute atomic E-state index is 11.7. The van der Waals surface area contributed by atoms with Crippen LogP contribution in [-0.4, -0.2) is 64.8 Å². The molecule has 7 nitrogen and oxygen atoms in total. The van der Waals surface area contributed by atoms with E-state index in [9.17, 15) is 4.79 Å². The topological polar surface area (TPSA) is 75.2 Å². The monoisotopic (exact) mass is 528 g/mol. The summed E-state index contributed by atoms with van der Waals surface area (Å²) in [5, 5.41) is 6.15. The summed E-state index contributed by atoms with van der Waals surface area (Å²) in [6, 6.07) is 5.76. The van der Waals surface area contributed by atoms with Crippen molar-refractivity contribution >= 4 is 51.8 Å². The van der Waals surface area contributed by atoms with Gasteiger partial charge in [0, 0.05) is 37.8 Å². The first-order valence-corrected chi connectivity index (χ1v) is 8.31. The number of nitrogens with zero attached hydrogens (tertiary/aromatic N) is 2. The largest absolute Gasteiger partial charge is 0.496 e. The molecule has 0 spiro atoms.